The number of anilines is 2. The number of rotatable bonds is 5. The molecule has 0 aliphatic carbocycles. The summed E-state index contributed by atoms with van der Waals surface area (Å²) in [6, 6.07) is 9.45. The van der Waals surface area contributed by atoms with Crippen LogP contribution in [0.3, 0.4) is 0 Å². The van der Waals surface area contributed by atoms with Gasteiger partial charge in [-0.3, -0.25) is 10.1 Å². The van der Waals surface area contributed by atoms with Gasteiger partial charge in [0.2, 0.25) is 0 Å². The molecule has 2 rings (SSSR count). The number of nitro benzene ring substituents is 1. The lowest BCUT2D eigenvalue weighted by atomic mass is 10.2. The lowest BCUT2D eigenvalue weighted by Gasteiger charge is -2.07. The highest BCUT2D eigenvalue weighted by molar-refractivity contribution is 5.69. The van der Waals surface area contributed by atoms with E-state index < -0.39 is 4.92 Å². The maximum Gasteiger partial charge on any atom is 0.294 e. The summed E-state index contributed by atoms with van der Waals surface area (Å²) in [5.74, 6) is 1.07. The molecule has 1 aromatic heterocycles. The molecule has 0 amide bonds. The van der Waals surface area contributed by atoms with E-state index in [4.69, 9.17) is 10.00 Å². The molecule has 21 heavy (non-hydrogen) atoms. The second-order valence-corrected chi connectivity index (χ2v) is 4.04. The van der Waals surface area contributed by atoms with Gasteiger partial charge in [-0.25, -0.2) is 4.98 Å². The van der Waals surface area contributed by atoms with Crippen LogP contribution in [0.15, 0.2) is 36.5 Å². The Bertz CT molecular complexity index is 692. The van der Waals surface area contributed by atoms with Gasteiger partial charge in [-0.1, -0.05) is 0 Å². The second kappa shape index (κ2) is 6.34. The van der Waals surface area contributed by atoms with Crippen molar-refractivity contribution < 1.29 is 9.66 Å². The zero-order valence-corrected chi connectivity index (χ0v) is 11.2. The van der Waals surface area contributed by atoms with Crippen LogP contribution in [0.4, 0.5) is 17.2 Å². The summed E-state index contributed by atoms with van der Waals surface area (Å²) >= 11 is 0. The van der Waals surface area contributed by atoms with Crippen molar-refractivity contribution >= 4 is 17.2 Å². The van der Waals surface area contributed by atoms with E-state index in [0.717, 1.165) is 0 Å². The molecule has 0 fully saturated rings. The zero-order valence-electron chi connectivity index (χ0n) is 11.2. The maximum atomic E-state index is 11.0. The van der Waals surface area contributed by atoms with Gasteiger partial charge in [-0.15, -0.1) is 0 Å². The van der Waals surface area contributed by atoms with Crippen LogP contribution in [0.25, 0.3) is 0 Å². The van der Waals surface area contributed by atoms with Gasteiger partial charge in [0.1, 0.15) is 17.3 Å². The quantitative estimate of drug-likeness (QED) is 0.669. The van der Waals surface area contributed by atoms with Crippen molar-refractivity contribution in [2.45, 2.75) is 6.92 Å². The molecule has 7 heteroatoms. The van der Waals surface area contributed by atoms with Crippen LogP contribution in [-0.2, 0) is 0 Å². The van der Waals surface area contributed by atoms with Crippen molar-refractivity contribution in [3.8, 4) is 11.8 Å². The van der Waals surface area contributed by atoms with Gasteiger partial charge in [0.25, 0.3) is 5.69 Å². The molecular weight excluding hydrogens is 272 g/mol. The third kappa shape index (κ3) is 3.45. The molecule has 0 saturated carbocycles. The summed E-state index contributed by atoms with van der Waals surface area (Å²) in [6.45, 7) is 2.40. The van der Waals surface area contributed by atoms with Crippen LogP contribution < -0.4 is 10.1 Å². The molecule has 7 nitrogen and oxygen atoms in total. The number of hydrogen-bond acceptors (Lipinski definition) is 6. The van der Waals surface area contributed by atoms with E-state index in [9.17, 15) is 10.1 Å². The minimum atomic E-state index is -0.544. The fraction of sp³-hybridized carbons (Fsp3) is 0.143. The summed E-state index contributed by atoms with van der Waals surface area (Å²) in [4.78, 5) is 14.6. The van der Waals surface area contributed by atoms with E-state index in [1.807, 2.05) is 13.0 Å². The van der Waals surface area contributed by atoms with E-state index in [2.05, 4.69) is 10.3 Å². The summed E-state index contributed by atoms with van der Waals surface area (Å²) in [5.41, 5.74) is 0.326. The Labute approximate surface area is 121 Å². The molecule has 106 valence electrons. The number of ether oxygens (including phenoxy) is 1. The van der Waals surface area contributed by atoms with E-state index in [-0.39, 0.29) is 16.9 Å². The smallest absolute Gasteiger partial charge is 0.294 e. The van der Waals surface area contributed by atoms with E-state index >= 15 is 0 Å². The average Bonchev–Trinajstić information content (AvgIpc) is 2.49. The third-order valence-electron chi connectivity index (χ3n) is 2.63. The minimum Gasteiger partial charge on any atom is -0.492 e. The zero-order chi connectivity index (χ0) is 15.2. The first kappa shape index (κ1) is 14.3. The first-order valence-electron chi connectivity index (χ1n) is 6.18. The fourth-order valence-electron chi connectivity index (χ4n) is 1.70. The predicted octanol–water partition coefficient (Wildman–Crippen LogP) is 3.00. The van der Waals surface area contributed by atoms with Gasteiger partial charge in [-0.2, -0.15) is 5.26 Å². The molecule has 0 bridgehead atoms. The second-order valence-electron chi connectivity index (χ2n) is 4.04. The molecular formula is C14H12N4O3. The van der Waals surface area contributed by atoms with E-state index in [1.54, 1.807) is 12.1 Å². The molecule has 2 aromatic rings. The largest absolute Gasteiger partial charge is 0.492 e. The normalized spacial score (nSPS) is 9.71. The molecule has 0 aliphatic heterocycles. The highest BCUT2D eigenvalue weighted by Crippen LogP contribution is 2.28. The summed E-state index contributed by atoms with van der Waals surface area (Å²) < 4.78 is 5.27. The van der Waals surface area contributed by atoms with Gasteiger partial charge >= 0.3 is 0 Å². The third-order valence-corrected chi connectivity index (χ3v) is 2.63. The van der Waals surface area contributed by atoms with Crippen LogP contribution in [0.1, 0.15) is 12.5 Å². The Morgan fingerprint density at radius 3 is 2.81 bits per heavy atom. The molecule has 0 atom stereocenters. The predicted molar refractivity (Wildman–Crippen MR) is 76.5 cm³/mol. The van der Waals surface area contributed by atoms with Crippen LogP contribution in [-0.4, -0.2) is 16.5 Å². The average molecular weight is 284 g/mol. The molecule has 0 saturated heterocycles. The SMILES string of the molecule is CCOc1ccc(Nc2ccc(C#N)cc2[N+](=O)[O-])nc1. The topological polar surface area (TPSA) is 101 Å². The van der Waals surface area contributed by atoms with Gasteiger partial charge in [-0.05, 0) is 31.2 Å². The molecule has 1 N–H and O–H groups in total. The van der Waals surface area contributed by atoms with Gasteiger partial charge in [0, 0.05) is 6.07 Å². The monoisotopic (exact) mass is 284 g/mol. The Balaban J connectivity index is 2.26. The van der Waals surface area contributed by atoms with Gasteiger partial charge < -0.3 is 10.1 Å². The van der Waals surface area contributed by atoms with Crippen molar-refractivity contribution in [1.29, 1.82) is 5.26 Å². The van der Waals surface area contributed by atoms with Crippen molar-refractivity contribution in [2.75, 3.05) is 11.9 Å². The first-order valence-corrected chi connectivity index (χ1v) is 6.18. The lowest BCUT2D eigenvalue weighted by Crippen LogP contribution is -1.99. The van der Waals surface area contributed by atoms with E-state index in [0.29, 0.717) is 18.2 Å². The Morgan fingerprint density at radius 1 is 1.43 bits per heavy atom. The minimum absolute atomic E-state index is 0.176. The summed E-state index contributed by atoms with van der Waals surface area (Å²) in [7, 11) is 0. The number of pyridine rings is 1. The van der Waals surface area contributed by atoms with E-state index in [1.165, 1.54) is 24.4 Å². The van der Waals surface area contributed by atoms with Crippen molar-refractivity contribution in [3.05, 3.63) is 52.2 Å². The van der Waals surface area contributed by atoms with Crippen molar-refractivity contribution in [1.82, 2.24) is 4.98 Å². The Kier molecular flexibility index (Phi) is 4.31. The highest BCUT2D eigenvalue weighted by atomic mass is 16.6. The molecule has 1 heterocycles. The molecule has 0 aliphatic rings. The van der Waals surface area contributed by atoms with Crippen molar-refractivity contribution in [3.63, 3.8) is 0 Å². The summed E-state index contributed by atoms with van der Waals surface area (Å²) in [5, 5.41) is 22.7. The summed E-state index contributed by atoms with van der Waals surface area (Å²) in [6.07, 6.45) is 1.53. The number of nitrogens with zero attached hydrogens (tertiary/aromatic N) is 3. The van der Waals surface area contributed by atoms with Crippen LogP contribution >= 0.6 is 0 Å². The number of aromatic nitrogens is 1. The van der Waals surface area contributed by atoms with Crippen LogP contribution in [0.5, 0.6) is 5.75 Å². The number of nitrogens with one attached hydrogen (secondary N) is 1. The number of nitriles is 1. The fourth-order valence-corrected chi connectivity index (χ4v) is 1.70. The van der Waals surface area contributed by atoms with Gasteiger partial charge in [0.15, 0.2) is 0 Å². The van der Waals surface area contributed by atoms with Gasteiger partial charge in [0.05, 0.1) is 29.4 Å². The number of nitro groups is 1. The molecule has 1 aromatic carbocycles. The van der Waals surface area contributed by atoms with Crippen LogP contribution in [0, 0.1) is 21.4 Å². The lowest BCUT2D eigenvalue weighted by molar-refractivity contribution is -0.383. The molecule has 0 unspecified atom stereocenters. The standard InChI is InChI=1S/C14H12N4O3/c1-2-21-11-4-6-14(16-9-11)17-12-5-3-10(8-15)7-13(12)18(19)20/h3-7,9H,2H2,1H3,(H,16,17). The maximum absolute atomic E-state index is 11.0. The molecule has 0 spiro atoms. The highest BCUT2D eigenvalue weighted by Gasteiger charge is 2.15. The Morgan fingerprint density at radius 2 is 2.24 bits per heavy atom. The number of benzene rings is 1. The molecule has 0 radical (unpaired) electrons. The number of hydrogen-bond donors (Lipinski definition) is 1. The van der Waals surface area contributed by atoms with Crippen molar-refractivity contribution in [2.24, 2.45) is 0 Å². The Hall–Kier alpha value is -3.14. The van der Waals surface area contributed by atoms with Crippen LogP contribution in [0.2, 0.25) is 0 Å². The first-order chi connectivity index (χ1) is 10.1.